The highest BCUT2D eigenvalue weighted by Crippen LogP contribution is 2.22. The van der Waals surface area contributed by atoms with Crippen molar-refractivity contribution >= 4 is 17.5 Å². The number of benzene rings is 1. The van der Waals surface area contributed by atoms with Crippen LogP contribution in [-0.2, 0) is 4.74 Å². The fourth-order valence-corrected chi connectivity index (χ4v) is 3.85. The molecule has 2 aromatic rings. The predicted octanol–water partition coefficient (Wildman–Crippen LogP) is 1.84. The third-order valence-corrected chi connectivity index (χ3v) is 5.60. The maximum absolute atomic E-state index is 12.8. The summed E-state index contributed by atoms with van der Waals surface area (Å²) in [5.74, 6) is -0.303. The van der Waals surface area contributed by atoms with E-state index in [-0.39, 0.29) is 17.9 Å². The van der Waals surface area contributed by atoms with Gasteiger partial charge < -0.3 is 20.3 Å². The molecule has 0 aliphatic carbocycles. The summed E-state index contributed by atoms with van der Waals surface area (Å²) in [6, 6.07) is 7.42. The quantitative estimate of drug-likeness (QED) is 0.822. The highest BCUT2D eigenvalue weighted by Gasteiger charge is 2.22. The number of nitrogens with zero attached hydrogens (tertiary/aromatic N) is 3. The molecule has 8 nitrogen and oxygen atoms in total. The number of amides is 2. The lowest BCUT2D eigenvalue weighted by molar-refractivity contribution is 0.0302. The van der Waals surface area contributed by atoms with E-state index in [1.165, 1.54) is 0 Å². The molecule has 2 amide bonds. The van der Waals surface area contributed by atoms with E-state index < -0.39 is 0 Å². The maximum Gasteiger partial charge on any atom is 0.276 e. The van der Waals surface area contributed by atoms with Gasteiger partial charge in [0, 0.05) is 37.1 Å². The Morgan fingerprint density at radius 1 is 1.24 bits per heavy atom. The standard InChI is InChI=1S/C21H27N5O3/c1-15-17(21(28)25-10-12-29-13-11-25)5-2-6-18(15)23-20(27)19-7-9-26(24-19)16-4-3-8-22-14-16/h2,5-7,9,16,22H,3-4,8,10-14H2,1H3,(H,23,27). The van der Waals surface area contributed by atoms with Crippen LogP contribution < -0.4 is 10.6 Å². The van der Waals surface area contributed by atoms with E-state index in [4.69, 9.17) is 4.74 Å². The molecule has 1 aromatic heterocycles. The van der Waals surface area contributed by atoms with Gasteiger partial charge >= 0.3 is 0 Å². The number of anilines is 1. The molecule has 0 radical (unpaired) electrons. The molecule has 0 bridgehead atoms. The molecule has 8 heteroatoms. The van der Waals surface area contributed by atoms with Crippen LogP contribution in [0, 0.1) is 6.92 Å². The highest BCUT2D eigenvalue weighted by atomic mass is 16.5. The molecular formula is C21H27N5O3. The molecule has 2 N–H and O–H groups in total. The first-order valence-corrected chi connectivity index (χ1v) is 10.2. The van der Waals surface area contributed by atoms with Crippen LogP contribution in [-0.4, -0.2) is 65.9 Å². The summed E-state index contributed by atoms with van der Waals surface area (Å²) in [7, 11) is 0. The van der Waals surface area contributed by atoms with E-state index in [1.54, 1.807) is 23.1 Å². The maximum atomic E-state index is 12.8. The Labute approximate surface area is 170 Å². The molecule has 154 valence electrons. The van der Waals surface area contributed by atoms with Crippen molar-refractivity contribution in [2.45, 2.75) is 25.8 Å². The number of hydrogen-bond donors (Lipinski definition) is 2. The molecule has 2 saturated heterocycles. The SMILES string of the molecule is Cc1c(NC(=O)c2ccn(C3CCCNC3)n2)cccc1C(=O)N1CCOCC1. The van der Waals surface area contributed by atoms with Crippen LogP contribution in [0.3, 0.4) is 0 Å². The molecule has 2 fully saturated rings. The van der Waals surface area contributed by atoms with Crippen LogP contribution in [0.2, 0.25) is 0 Å². The van der Waals surface area contributed by atoms with Crippen LogP contribution in [0.5, 0.6) is 0 Å². The van der Waals surface area contributed by atoms with E-state index in [1.807, 2.05) is 23.9 Å². The predicted molar refractivity (Wildman–Crippen MR) is 109 cm³/mol. The number of ether oxygens (including phenoxy) is 1. The zero-order valence-electron chi connectivity index (χ0n) is 16.7. The number of carbonyl (C=O) groups is 2. The first-order chi connectivity index (χ1) is 14.1. The Morgan fingerprint density at radius 3 is 2.83 bits per heavy atom. The van der Waals surface area contributed by atoms with Crippen LogP contribution in [0.1, 0.15) is 45.3 Å². The van der Waals surface area contributed by atoms with Gasteiger partial charge in [0.05, 0.1) is 19.3 Å². The van der Waals surface area contributed by atoms with Gasteiger partial charge in [-0.1, -0.05) is 6.07 Å². The van der Waals surface area contributed by atoms with Gasteiger partial charge in [-0.25, -0.2) is 0 Å². The number of hydrogen-bond acceptors (Lipinski definition) is 5. The lowest BCUT2D eigenvalue weighted by Gasteiger charge is -2.27. The van der Waals surface area contributed by atoms with Crippen molar-refractivity contribution in [3.63, 3.8) is 0 Å². The number of aromatic nitrogens is 2. The van der Waals surface area contributed by atoms with Crippen molar-refractivity contribution in [1.82, 2.24) is 20.0 Å². The van der Waals surface area contributed by atoms with E-state index in [9.17, 15) is 9.59 Å². The summed E-state index contributed by atoms with van der Waals surface area (Å²) in [5.41, 5.74) is 2.36. The summed E-state index contributed by atoms with van der Waals surface area (Å²) in [6.07, 6.45) is 4.02. The van der Waals surface area contributed by atoms with E-state index in [2.05, 4.69) is 15.7 Å². The largest absolute Gasteiger partial charge is 0.378 e. The molecule has 4 rings (SSSR count). The van der Waals surface area contributed by atoms with Crippen molar-refractivity contribution in [2.24, 2.45) is 0 Å². The monoisotopic (exact) mass is 397 g/mol. The summed E-state index contributed by atoms with van der Waals surface area (Å²) in [4.78, 5) is 27.4. The van der Waals surface area contributed by atoms with E-state index >= 15 is 0 Å². The molecular weight excluding hydrogens is 370 g/mol. The molecule has 2 aliphatic heterocycles. The van der Waals surface area contributed by atoms with Gasteiger partial charge in [0.15, 0.2) is 5.69 Å². The Balaban J connectivity index is 1.47. The van der Waals surface area contributed by atoms with Crippen molar-refractivity contribution in [1.29, 1.82) is 0 Å². The van der Waals surface area contributed by atoms with Crippen LogP contribution >= 0.6 is 0 Å². The van der Waals surface area contributed by atoms with Gasteiger partial charge in [-0.15, -0.1) is 0 Å². The molecule has 1 unspecified atom stereocenters. The third kappa shape index (κ3) is 4.33. The van der Waals surface area contributed by atoms with Crippen LogP contribution in [0.25, 0.3) is 0 Å². The van der Waals surface area contributed by atoms with Crippen molar-refractivity contribution in [3.05, 3.63) is 47.3 Å². The third-order valence-electron chi connectivity index (χ3n) is 5.60. The zero-order valence-corrected chi connectivity index (χ0v) is 16.7. The minimum absolute atomic E-state index is 0.0315. The van der Waals surface area contributed by atoms with Crippen molar-refractivity contribution in [2.75, 3.05) is 44.7 Å². The van der Waals surface area contributed by atoms with Gasteiger partial charge in [0.2, 0.25) is 0 Å². The van der Waals surface area contributed by atoms with Gasteiger partial charge in [0.25, 0.3) is 11.8 Å². The summed E-state index contributed by atoms with van der Waals surface area (Å²) >= 11 is 0. The fraction of sp³-hybridized carbons (Fsp3) is 0.476. The highest BCUT2D eigenvalue weighted by molar-refractivity contribution is 6.05. The molecule has 1 atom stereocenters. The van der Waals surface area contributed by atoms with Gasteiger partial charge in [0.1, 0.15) is 0 Å². The van der Waals surface area contributed by atoms with Crippen LogP contribution in [0.15, 0.2) is 30.5 Å². The molecule has 3 heterocycles. The summed E-state index contributed by atoms with van der Waals surface area (Å²) < 4.78 is 7.19. The van der Waals surface area contributed by atoms with Crippen molar-refractivity contribution in [3.8, 4) is 0 Å². The lowest BCUT2D eigenvalue weighted by atomic mass is 10.0. The average Bonchev–Trinajstić information content (AvgIpc) is 3.26. The zero-order chi connectivity index (χ0) is 20.2. The van der Waals surface area contributed by atoms with E-state index in [0.29, 0.717) is 43.2 Å². The smallest absolute Gasteiger partial charge is 0.276 e. The molecule has 2 aliphatic rings. The number of rotatable bonds is 4. The van der Waals surface area contributed by atoms with Crippen LogP contribution in [0.4, 0.5) is 5.69 Å². The van der Waals surface area contributed by atoms with E-state index in [0.717, 1.165) is 31.5 Å². The Kier molecular flexibility index (Phi) is 5.92. The first kappa shape index (κ1) is 19.6. The lowest BCUT2D eigenvalue weighted by Crippen LogP contribution is -2.41. The molecule has 29 heavy (non-hydrogen) atoms. The topological polar surface area (TPSA) is 88.5 Å². The molecule has 1 aromatic carbocycles. The average molecular weight is 397 g/mol. The fourth-order valence-electron chi connectivity index (χ4n) is 3.85. The number of piperidine rings is 1. The normalized spacial score (nSPS) is 19.8. The Morgan fingerprint density at radius 2 is 2.07 bits per heavy atom. The molecule has 0 spiro atoms. The van der Waals surface area contributed by atoms with Gasteiger partial charge in [-0.2, -0.15) is 5.10 Å². The van der Waals surface area contributed by atoms with Crippen molar-refractivity contribution < 1.29 is 14.3 Å². The van der Waals surface area contributed by atoms with Gasteiger partial charge in [-0.3, -0.25) is 14.3 Å². The molecule has 0 saturated carbocycles. The minimum Gasteiger partial charge on any atom is -0.378 e. The van der Waals surface area contributed by atoms with Gasteiger partial charge in [-0.05, 0) is 50.1 Å². The second-order valence-electron chi connectivity index (χ2n) is 7.52. The Hall–Kier alpha value is -2.71. The Bertz CT molecular complexity index is 882. The second kappa shape index (κ2) is 8.75. The second-order valence-corrected chi connectivity index (χ2v) is 7.52. The minimum atomic E-state index is -0.272. The summed E-state index contributed by atoms with van der Waals surface area (Å²) in [6.45, 7) is 6.04. The number of nitrogens with one attached hydrogen (secondary N) is 2. The number of carbonyl (C=O) groups excluding carboxylic acids is 2. The number of morpholine rings is 1. The first-order valence-electron chi connectivity index (χ1n) is 10.2. The summed E-state index contributed by atoms with van der Waals surface area (Å²) in [5, 5.41) is 10.7.